The molecule has 1 aromatic heterocycles. The molecule has 0 saturated heterocycles. The maximum Gasteiger partial charge on any atom is 0.190 e. The molecule has 0 atom stereocenters. The Balaban J connectivity index is 0.00000264. The number of nitrogens with one attached hydrogen (secondary N) is 2. The minimum atomic E-state index is 0. The Kier molecular flexibility index (Phi) is 9.50. The summed E-state index contributed by atoms with van der Waals surface area (Å²) in [5.74, 6) is 3.82. The van der Waals surface area contributed by atoms with E-state index in [1.807, 2.05) is 7.05 Å². The second kappa shape index (κ2) is 10.8. The van der Waals surface area contributed by atoms with Crippen LogP contribution < -0.4 is 10.6 Å². The molecule has 2 heterocycles. The second-order valence-corrected chi connectivity index (χ2v) is 6.37. The number of rotatable bonds is 6. The molecule has 2 rings (SSSR count). The van der Waals surface area contributed by atoms with Gasteiger partial charge in [0.2, 0.25) is 0 Å². The normalized spacial score (nSPS) is 14.9. The van der Waals surface area contributed by atoms with Gasteiger partial charge in [0, 0.05) is 39.5 Å². The van der Waals surface area contributed by atoms with Crippen molar-refractivity contribution in [3.8, 4) is 0 Å². The van der Waals surface area contributed by atoms with Crippen molar-refractivity contribution in [2.45, 2.75) is 58.9 Å². The molecule has 6 nitrogen and oxygen atoms in total. The van der Waals surface area contributed by atoms with Gasteiger partial charge >= 0.3 is 0 Å². The number of hydrogen-bond donors (Lipinski definition) is 2. The minimum Gasteiger partial charge on any atom is -0.356 e. The summed E-state index contributed by atoms with van der Waals surface area (Å²) in [6.45, 7) is 7.31. The maximum absolute atomic E-state index is 4.38. The number of fused-ring (bicyclic) bond motifs is 1. The molecule has 1 aliphatic heterocycles. The van der Waals surface area contributed by atoms with Crippen LogP contribution in [-0.4, -0.2) is 40.9 Å². The quantitative estimate of drug-likeness (QED) is 0.312. The van der Waals surface area contributed by atoms with E-state index in [0.29, 0.717) is 5.92 Å². The molecule has 0 saturated carbocycles. The van der Waals surface area contributed by atoms with Crippen LogP contribution in [0.2, 0.25) is 0 Å². The predicted octanol–water partition coefficient (Wildman–Crippen LogP) is 2.38. The van der Waals surface area contributed by atoms with Crippen molar-refractivity contribution in [2.75, 3.05) is 20.1 Å². The largest absolute Gasteiger partial charge is 0.356 e. The lowest BCUT2D eigenvalue weighted by Crippen LogP contribution is -2.39. The van der Waals surface area contributed by atoms with Gasteiger partial charge in [-0.05, 0) is 25.2 Å². The van der Waals surface area contributed by atoms with Gasteiger partial charge in [0.1, 0.15) is 11.6 Å². The van der Waals surface area contributed by atoms with Crippen molar-refractivity contribution in [3.05, 3.63) is 11.6 Å². The zero-order valence-electron chi connectivity index (χ0n) is 14.6. The van der Waals surface area contributed by atoms with Crippen LogP contribution in [0.25, 0.3) is 0 Å². The van der Waals surface area contributed by atoms with Gasteiger partial charge in [-0.3, -0.25) is 4.99 Å². The highest BCUT2D eigenvalue weighted by atomic mass is 127. The molecule has 1 aliphatic rings. The molecule has 0 radical (unpaired) electrons. The van der Waals surface area contributed by atoms with Crippen LogP contribution in [0.3, 0.4) is 0 Å². The fraction of sp³-hybridized carbons (Fsp3) is 0.812. The number of hydrogen-bond acceptors (Lipinski definition) is 3. The van der Waals surface area contributed by atoms with Crippen LogP contribution >= 0.6 is 24.0 Å². The zero-order chi connectivity index (χ0) is 15.8. The third-order valence-corrected chi connectivity index (χ3v) is 3.96. The van der Waals surface area contributed by atoms with Crippen molar-refractivity contribution >= 4 is 29.9 Å². The van der Waals surface area contributed by atoms with Crippen LogP contribution in [0.15, 0.2) is 4.99 Å². The first kappa shape index (κ1) is 20.2. The van der Waals surface area contributed by atoms with Crippen molar-refractivity contribution in [2.24, 2.45) is 10.9 Å². The molecule has 7 heteroatoms. The third kappa shape index (κ3) is 6.64. The molecular weight excluding hydrogens is 403 g/mol. The average Bonchev–Trinajstić information content (AvgIpc) is 2.73. The molecule has 0 spiro atoms. The Morgan fingerprint density at radius 3 is 2.78 bits per heavy atom. The molecule has 0 bridgehead atoms. The summed E-state index contributed by atoms with van der Waals surface area (Å²) in [5, 5.41) is 15.4. The first-order valence-electron chi connectivity index (χ1n) is 8.56. The summed E-state index contributed by atoms with van der Waals surface area (Å²) in [6, 6.07) is 0. The van der Waals surface area contributed by atoms with Crippen LogP contribution in [0.4, 0.5) is 0 Å². The molecule has 1 aromatic rings. The SMILES string of the molecule is CN=C(NCCCc1nnc2n1CCCCC2)NCC(C)C.I. The van der Waals surface area contributed by atoms with Gasteiger partial charge in [-0.25, -0.2) is 0 Å². The Labute approximate surface area is 157 Å². The van der Waals surface area contributed by atoms with Gasteiger partial charge in [-0.15, -0.1) is 34.2 Å². The minimum absolute atomic E-state index is 0. The van der Waals surface area contributed by atoms with Gasteiger partial charge < -0.3 is 15.2 Å². The van der Waals surface area contributed by atoms with E-state index in [1.165, 1.54) is 25.1 Å². The fourth-order valence-electron chi connectivity index (χ4n) is 2.70. The Hall–Kier alpha value is -0.860. The van der Waals surface area contributed by atoms with Gasteiger partial charge in [0.05, 0.1) is 0 Å². The third-order valence-electron chi connectivity index (χ3n) is 3.96. The number of guanidine groups is 1. The fourth-order valence-corrected chi connectivity index (χ4v) is 2.70. The number of aliphatic imine (C=N–C) groups is 1. The molecule has 132 valence electrons. The van der Waals surface area contributed by atoms with Gasteiger partial charge in [0.15, 0.2) is 5.96 Å². The van der Waals surface area contributed by atoms with Gasteiger partial charge in [0.25, 0.3) is 0 Å². The summed E-state index contributed by atoms with van der Waals surface area (Å²) in [5.41, 5.74) is 0. The molecule has 0 unspecified atom stereocenters. The first-order chi connectivity index (χ1) is 10.7. The van der Waals surface area contributed by atoms with Crippen LogP contribution in [-0.2, 0) is 19.4 Å². The predicted molar refractivity (Wildman–Crippen MR) is 106 cm³/mol. The van der Waals surface area contributed by atoms with Crippen molar-refractivity contribution in [1.82, 2.24) is 25.4 Å². The number of aryl methyl sites for hydroxylation is 2. The highest BCUT2D eigenvalue weighted by molar-refractivity contribution is 14.0. The highest BCUT2D eigenvalue weighted by Gasteiger charge is 2.14. The second-order valence-electron chi connectivity index (χ2n) is 6.37. The van der Waals surface area contributed by atoms with E-state index in [0.717, 1.165) is 50.7 Å². The van der Waals surface area contributed by atoms with E-state index in [9.17, 15) is 0 Å². The lowest BCUT2D eigenvalue weighted by molar-refractivity contribution is 0.590. The monoisotopic (exact) mass is 434 g/mol. The molecule has 0 fully saturated rings. The van der Waals surface area contributed by atoms with Crippen LogP contribution in [0.5, 0.6) is 0 Å². The summed E-state index contributed by atoms with van der Waals surface area (Å²) in [4.78, 5) is 4.24. The zero-order valence-corrected chi connectivity index (χ0v) is 17.0. The summed E-state index contributed by atoms with van der Waals surface area (Å²) in [7, 11) is 1.81. The molecule has 2 N–H and O–H groups in total. The van der Waals surface area contributed by atoms with Crippen molar-refractivity contribution in [3.63, 3.8) is 0 Å². The molecule has 0 aromatic carbocycles. The molecular formula is C16H31IN6. The topological polar surface area (TPSA) is 67.1 Å². The van der Waals surface area contributed by atoms with E-state index in [1.54, 1.807) is 0 Å². The van der Waals surface area contributed by atoms with Crippen molar-refractivity contribution < 1.29 is 0 Å². The highest BCUT2D eigenvalue weighted by Crippen LogP contribution is 2.15. The Morgan fingerprint density at radius 2 is 2.04 bits per heavy atom. The van der Waals surface area contributed by atoms with E-state index in [2.05, 4.69) is 44.2 Å². The van der Waals surface area contributed by atoms with Crippen LogP contribution in [0, 0.1) is 5.92 Å². The molecule has 0 aliphatic carbocycles. The smallest absolute Gasteiger partial charge is 0.190 e. The Morgan fingerprint density at radius 1 is 1.22 bits per heavy atom. The van der Waals surface area contributed by atoms with E-state index in [4.69, 9.17) is 0 Å². The maximum atomic E-state index is 4.38. The van der Waals surface area contributed by atoms with E-state index in [-0.39, 0.29) is 24.0 Å². The number of halogens is 1. The number of aromatic nitrogens is 3. The lowest BCUT2D eigenvalue weighted by Gasteiger charge is -2.13. The Bertz CT molecular complexity index is 483. The van der Waals surface area contributed by atoms with Gasteiger partial charge in [-0.1, -0.05) is 20.3 Å². The standard InChI is InChI=1S/C16H30N6.HI/c1-13(2)12-19-16(17-3)18-10-7-9-15-21-20-14-8-5-4-6-11-22(14)15;/h13H,4-12H2,1-3H3,(H2,17,18,19);1H. The van der Waals surface area contributed by atoms with Gasteiger partial charge in [-0.2, -0.15) is 0 Å². The summed E-state index contributed by atoms with van der Waals surface area (Å²) < 4.78 is 2.33. The lowest BCUT2D eigenvalue weighted by atomic mass is 10.2. The molecule has 23 heavy (non-hydrogen) atoms. The summed E-state index contributed by atoms with van der Waals surface area (Å²) >= 11 is 0. The first-order valence-corrected chi connectivity index (χ1v) is 8.56. The summed E-state index contributed by atoms with van der Waals surface area (Å²) in [6.07, 6.45) is 6.90. The van der Waals surface area contributed by atoms with Crippen molar-refractivity contribution in [1.29, 1.82) is 0 Å². The molecule has 0 amide bonds. The average molecular weight is 434 g/mol. The van der Waals surface area contributed by atoms with E-state index >= 15 is 0 Å². The van der Waals surface area contributed by atoms with E-state index < -0.39 is 0 Å². The van der Waals surface area contributed by atoms with Crippen LogP contribution in [0.1, 0.15) is 51.2 Å². The number of nitrogens with zero attached hydrogens (tertiary/aromatic N) is 4.